The maximum Gasteiger partial charge on any atom is 0.326 e. The molecular formula is C22H33N5O7S. The van der Waals surface area contributed by atoms with Crippen LogP contribution in [-0.2, 0) is 30.4 Å². The van der Waals surface area contributed by atoms with Crippen molar-refractivity contribution in [1.29, 1.82) is 0 Å². The topological polar surface area (TPSA) is 214 Å². The number of aliphatic carboxylic acids is 1. The van der Waals surface area contributed by atoms with Gasteiger partial charge in [-0.3, -0.25) is 19.2 Å². The molecule has 0 bridgehead atoms. The minimum absolute atomic E-state index is 0.229. The highest BCUT2D eigenvalue weighted by molar-refractivity contribution is 7.98. The van der Waals surface area contributed by atoms with Gasteiger partial charge in [0.15, 0.2) is 0 Å². The van der Waals surface area contributed by atoms with Crippen LogP contribution in [0.4, 0.5) is 0 Å². The molecule has 194 valence electrons. The Morgan fingerprint density at radius 1 is 0.914 bits per heavy atom. The van der Waals surface area contributed by atoms with Crippen molar-refractivity contribution < 1.29 is 34.2 Å². The average molecular weight is 512 g/mol. The van der Waals surface area contributed by atoms with E-state index in [9.17, 15) is 34.2 Å². The summed E-state index contributed by atoms with van der Waals surface area (Å²) in [6, 6.07) is 4.24. The number of primary amides is 1. The van der Waals surface area contributed by atoms with E-state index < -0.39 is 60.4 Å². The summed E-state index contributed by atoms with van der Waals surface area (Å²) in [4.78, 5) is 60.2. The van der Waals surface area contributed by atoms with Gasteiger partial charge in [-0.15, -0.1) is 0 Å². The number of aliphatic hydroxyl groups is 1. The lowest BCUT2D eigenvalue weighted by Gasteiger charge is -2.24. The van der Waals surface area contributed by atoms with Gasteiger partial charge >= 0.3 is 5.97 Å². The third-order valence-electron chi connectivity index (χ3n) is 4.99. The molecule has 0 saturated heterocycles. The first kappa shape index (κ1) is 29.9. The van der Waals surface area contributed by atoms with Gasteiger partial charge in [0.05, 0.1) is 12.6 Å². The number of carbonyl (C=O) groups is 5. The van der Waals surface area contributed by atoms with Crippen molar-refractivity contribution >= 4 is 41.4 Å². The zero-order valence-electron chi connectivity index (χ0n) is 19.4. The van der Waals surface area contributed by atoms with Gasteiger partial charge in [-0.05, 0) is 36.8 Å². The Morgan fingerprint density at radius 2 is 1.49 bits per heavy atom. The molecule has 0 spiro atoms. The predicted octanol–water partition coefficient (Wildman–Crippen LogP) is -1.89. The highest BCUT2D eigenvalue weighted by Gasteiger charge is 2.30. The van der Waals surface area contributed by atoms with Gasteiger partial charge < -0.3 is 37.6 Å². The van der Waals surface area contributed by atoms with Crippen LogP contribution in [0.25, 0.3) is 0 Å². The van der Waals surface area contributed by atoms with E-state index in [4.69, 9.17) is 11.5 Å². The molecule has 0 aliphatic heterocycles. The molecule has 4 amide bonds. The molecule has 9 N–H and O–H groups in total. The molecule has 13 heteroatoms. The molecule has 4 atom stereocenters. The number of nitrogens with two attached hydrogens (primary N) is 2. The molecule has 0 fully saturated rings. The van der Waals surface area contributed by atoms with Crippen LogP contribution in [0.1, 0.15) is 24.8 Å². The maximum absolute atomic E-state index is 12.8. The number of carbonyl (C=O) groups excluding carboxylic acids is 4. The smallest absolute Gasteiger partial charge is 0.326 e. The molecule has 0 saturated carbocycles. The standard InChI is InChI=1S/C22H33N5O7S/c1-35-10-9-15(25-19(30)14(23)11-13-5-3-2-4-6-13)20(31)27-17(12-28)21(32)26-16(22(33)34)7-8-18(24)29/h2-6,14-17,28H,7-12,23H2,1H3,(H2,24,29)(H,25,30)(H,26,32)(H,27,31)(H,33,34). The molecule has 0 aliphatic carbocycles. The Balaban J connectivity index is 2.81. The number of thioether (sulfide) groups is 1. The number of carboxylic acid groups (broad SMARTS) is 1. The molecule has 1 aromatic rings. The second-order valence-electron chi connectivity index (χ2n) is 7.79. The van der Waals surface area contributed by atoms with Crippen LogP contribution in [0.3, 0.4) is 0 Å². The summed E-state index contributed by atoms with van der Waals surface area (Å²) in [5, 5.41) is 25.9. The summed E-state index contributed by atoms with van der Waals surface area (Å²) in [5.74, 6) is -3.89. The van der Waals surface area contributed by atoms with E-state index in [1.54, 1.807) is 0 Å². The molecule has 4 unspecified atom stereocenters. The van der Waals surface area contributed by atoms with Crippen LogP contribution in [-0.4, -0.2) is 82.6 Å². The van der Waals surface area contributed by atoms with E-state index in [1.807, 2.05) is 36.6 Å². The lowest BCUT2D eigenvalue weighted by molar-refractivity contribution is -0.143. The molecular weight excluding hydrogens is 478 g/mol. The van der Waals surface area contributed by atoms with Crippen LogP contribution in [0.2, 0.25) is 0 Å². The van der Waals surface area contributed by atoms with Crippen LogP contribution >= 0.6 is 11.8 Å². The van der Waals surface area contributed by atoms with Crippen molar-refractivity contribution in [3.05, 3.63) is 35.9 Å². The Kier molecular flexibility index (Phi) is 13.4. The fourth-order valence-electron chi connectivity index (χ4n) is 3.03. The van der Waals surface area contributed by atoms with Crippen molar-refractivity contribution in [3.8, 4) is 0 Å². The fraction of sp³-hybridized carbons (Fsp3) is 0.500. The third-order valence-corrected chi connectivity index (χ3v) is 5.63. The average Bonchev–Trinajstić information content (AvgIpc) is 2.82. The van der Waals surface area contributed by atoms with Crippen molar-refractivity contribution in [3.63, 3.8) is 0 Å². The summed E-state index contributed by atoms with van der Waals surface area (Å²) in [6.07, 6.45) is 1.77. The number of nitrogens with one attached hydrogen (secondary N) is 3. The van der Waals surface area contributed by atoms with Gasteiger partial charge in [0, 0.05) is 6.42 Å². The zero-order chi connectivity index (χ0) is 26.4. The van der Waals surface area contributed by atoms with Crippen molar-refractivity contribution in [2.24, 2.45) is 11.5 Å². The van der Waals surface area contributed by atoms with Gasteiger partial charge in [-0.25, -0.2) is 4.79 Å². The van der Waals surface area contributed by atoms with Gasteiger partial charge in [0.2, 0.25) is 23.6 Å². The molecule has 0 aromatic heterocycles. The van der Waals surface area contributed by atoms with E-state index in [2.05, 4.69) is 16.0 Å². The van der Waals surface area contributed by atoms with Gasteiger partial charge in [0.25, 0.3) is 0 Å². The molecule has 35 heavy (non-hydrogen) atoms. The SMILES string of the molecule is CSCCC(NC(=O)C(N)Cc1ccccc1)C(=O)NC(CO)C(=O)NC(CCC(N)=O)C(=O)O. The highest BCUT2D eigenvalue weighted by atomic mass is 32.2. The number of aliphatic hydroxyl groups excluding tert-OH is 1. The van der Waals surface area contributed by atoms with Crippen molar-refractivity contribution in [2.75, 3.05) is 18.6 Å². The number of hydrogen-bond acceptors (Lipinski definition) is 8. The zero-order valence-corrected chi connectivity index (χ0v) is 20.3. The first-order valence-corrected chi connectivity index (χ1v) is 12.3. The summed E-state index contributed by atoms with van der Waals surface area (Å²) >= 11 is 1.44. The summed E-state index contributed by atoms with van der Waals surface area (Å²) in [7, 11) is 0. The largest absolute Gasteiger partial charge is 0.480 e. The van der Waals surface area contributed by atoms with E-state index in [0.717, 1.165) is 5.56 Å². The molecule has 1 rings (SSSR count). The predicted molar refractivity (Wildman–Crippen MR) is 130 cm³/mol. The highest BCUT2D eigenvalue weighted by Crippen LogP contribution is 2.06. The Hall–Kier alpha value is -3.16. The van der Waals surface area contributed by atoms with E-state index in [1.165, 1.54) is 11.8 Å². The number of amides is 4. The lowest BCUT2D eigenvalue weighted by atomic mass is 10.1. The van der Waals surface area contributed by atoms with Gasteiger partial charge in [-0.1, -0.05) is 30.3 Å². The third kappa shape index (κ3) is 11.2. The monoisotopic (exact) mass is 511 g/mol. The summed E-state index contributed by atoms with van der Waals surface area (Å²) in [5.41, 5.74) is 11.9. The lowest BCUT2D eigenvalue weighted by Crippen LogP contribution is -2.58. The van der Waals surface area contributed by atoms with Crippen LogP contribution in [0, 0.1) is 0 Å². The number of benzene rings is 1. The van der Waals surface area contributed by atoms with E-state index in [-0.39, 0.29) is 25.7 Å². The van der Waals surface area contributed by atoms with Crippen LogP contribution < -0.4 is 27.4 Å². The van der Waals surface area contributed by atoms with Crippen LogP contribution in [0.5, 0.6) is 0 Å². The number of carboxylic acids is 1. The quantitative estimate of drug-likeness (QED) is 0.132. The van der Waals surface area contributed by atoms with Crippen molar-refractivity contribution in [2.45, 2.75) is 49.9 Å². The Morgan fingerprint density at radius 3 is 2.03 bits per heavy atom. The van der Waals surface area contributed by atoms with E-state index >= 15 is 0 Å². The summed E-state index contributed by atoms with van der Waals surface area (Å²) in [6.45, 7) is -0.823. The minimum Gasteiger partial charge on any atom is -0.480 e. The molecule has 0 aliphatic rings. The second kappa shape index (κ2) is 15.7. The van der Waals surface area contributed by atoms with Crippen LogP contribution in [0.15, 0.2) is 30.3 Å². The molecule has 0 heterocycles. The summed E-state index contributed by atoms with van der Waals surface area (Å²) < 4.78 is 0. The normalized spacial score (nSPS) is 14.1. The van der Waals surface area contributed by atoms with E-state index in [0.29, 0.717) is 5.75 Å². The second-order valence-corrected chi connectivity index (χ2v) is 8.77. The Bertz CT molecular complexity index is 871. The Labute approximate surface area is 207 Å². The molecule has 0 radical (unpaired) electrons. The first-order chi connectivity index (χ1) is 16.6. The molecule has 12 nitrogen and oxygen atoms in total. The first-order valence-electron chi connectivity index (χ1n) is 10.9. The van der Waals surface area contributed by atoms with Gasteiger partial charge in [-0.2, -0.15) is 11.8 Å². The number of hydrogen-bond donors (Lipinski definition) is 7. The minimum atomic E-state index is -1.48. The van der Waals surface area contributed by atoms with Crippen molar-refractivity contribution in [1.82, 2.24) is 16.0 Å². The fourth-order valence-corrected chi connectivity index (χ4v) is 3.50. The number of rotatable bonds is 16. The molecule has 1 aromatic carbocycles. The van der Waals surface area contributed by atoms with Gasteiger partial charge in [0.1, 0.15) is 18.1 Å². The maximum atomic E-state index is 12.8.